The number of aryl methyl sites for hydroxylation is 1. The van der Waals surface area contributed by atoms with Crippen LogP contribution >= 0.6 is 0 Å². The molecule has 3 nitrogen and oxygen atoms in total. The summed E-state index contributed by atoms with van der Waals surface area (Å²) in [6.45, 7) is 4.36. The monoisotopic (exact) mass is 290 g/mol. The zero-order chi connectivity index (χ0) is 14.8. The van der Waals surface area contributed by atoms with Gasteiger partial charge in [0, 0.05) is 24.7 Å². The van der Waals surface area contributed by atoms with Crippen molar-refractivity contribution in [3.63, 3.8) is 0 Å². The predicted molar refractivity (Wildman–Crippen MR) is 80.8 cm³/mol. The van der Waals surface area contributed by atoms with Crippen molar-refractivity contribution in [2.24, 2.45) is 5.92 Å². The van der Waals surface area contributed by atoms with E-state index < -0.39 is 0 Å². The van der Waals surface area contributed by atoms with E-state index in [9.17, 15) is 9.18 Å². The standard InChI is InChI=1S/C17H23FN2O/c1-12-9-14(6-7-16(12)18)17(21)20(10-13-4-5-13)11-15-3-2-8-19-15/h6-7,9,13,15,19H,2-5,8,10-11H2,1H3. The van der Waals surface area contributed by atoms with Gasteiger partial charge in [0.2, 0.25) is 0 Å². The minimum Gasteiger partial charge on any atom is -0.337 e. The first-order chi connectivity index (χ1) is 10.1. The van der Waals surface area contributed by atoms with Crippen molar-refractivity contribution in [1.82, 2.24) is 10.2 Å². The molecule has 1 saturated carbocycles. The first-order valence-corrected chi connectivity index (χ1v) is 7.92. The molecule has 1 aromatic carbocycles. The highest BCUT2D eigenvalue weighted by molar-refractivity contribution is 5.94. The van der Waals surface area contributed by atoms with Gasteiger partial charge in [-0.25, -0.2) is 4.39 Å². The number of rotatable bonds is 5. The normalized spacial score (nSPS) is 21.5. The molecule has 0 bridgehead atoms. The number of carbonyl (C=O) groups is 1. The summed E-state index contributed by atoms with van der Waals surface area (Å²) < 4.78 is 13.4. The Balaban J connectivity index is 1.73. The van der Waals surface area contributed by atoms with E-state index in [1.807, 2.05) is 4.90 Å². The molecule has 1 aliphatic heterocycles. The quantitative estimate of drug-likeness (QED) is 0.904. The minimum atomic E-state index is -0.252. The minimum absolute atomic E-state index is 0.0405. The van der Waals surface area contributed by atoms with E-state index in [-0.39, 0.29) is 11.7 Å². The molecule has 114 valence electrons. The second-order valence-electron chi connectivity index (χ2n) is 6.41. The average molecular weight is 290 g/mol. The fourth-order valence-corrected chi connectivity index (χ4v) is 2.99. The molecule has 1 aromatic rings. The fraction of sp³-hybridized carbons (Fsp3) is 0.588. The Kier molecular flexibility index (Phi) is 4.24. The van der Waals surface area contributed by atoms with Crippen LogP contribution in [0.25, 0.3) is 0 Å². The van der Waals surface area contributed by atoms with Gasteiger partial charge in [0.1, 0.15) is 5.82 Å². The van der Waals surface area contributed by atoms with Crippen molar-refractivity contribution in [3.05, 3.63) is 35.1 Å². The van der Waals surface area contributed by atoms with Gasteiger partial charge in [-0.3, -0.25) is 4.79 Å². The zero-order valence-electron chi connectivity index (χ0n) is 12.6. The van der Waals surface area contributed by atoms with Gasteiger partial charge in [0.25, 0.3) is 5.91 Å². The highest BCUT2D eigenvalue weighted by Gasteiger charge is 2.29. The van der Waals surface area contributed by atoms with E-state index in [4.69, 9.17) is 0 Å². The van der Waals surface area contributed by atoms with Gasteiger partial charge in [-0.1, -0.05) is 0 Å². The molecule has 21 heavy (non-hydrogen) atoms. The number of hydrogen-bond donors (Lipinski definition) is 1. The van der Waals surface area contributed by atoms with Crippen LogP contribution in [-0.4, -0.2) is 36.5 Å². The molecule has 0 radical (unpaired) electrons. The van der Waals surface area contributed by atoms with E-state index >= 15 is 0 Å². The van der Waals surface area contributed by atoms with Crippen molar-refractivity contribution < 1.29 is 9.18 Å². The number of hydrogen-bond acceptors (Lipinski definition) is 2. The van der Waals surface area contributed by atoms with Gasteiger partial charge in [0.05, 0.1) is 0 Å². The van der Waals surface area contributed by atoms with E-state index in [1.165, 1.54) is 25.3 Å². The van der Waals surface area contributed by atoms with Crippen LogP contribution < -0.4 is 5.32 Å². The molecule has 1 atom stereocenters. The molecule has 0 aromatic heterocycles. The second kappa shape index (κ2) is 6.14. The Morgan fingerprint density at radius 3 is 2.76 bits per heavy atom. The van der Waals surface area contributed by atoms with Gasteiger partial charge in [-0.05, 0) is 68.8 Å². The van der Waals surface area contributed by atoms with E-state index in [0.717, 1.165) is 26.1 Å². The molecular weight excluding hydrogens is 267 g/mol. The summed E-state index contributed by atoms with van der Waals surface area (Å²) in [7, 11) is 0. The second-order valence-corrected chi connectivity index (χ2v) is 6.41. The Morgan fingerprint density at radius 2 is 2.14 bits per heavy atom. The summed E-state index contributed by atoms with van der Waals surface area (Å²) in [5.41, 5.74) is 1.14. The third kappa shape index (κ3) is 3.62. The molecule has 1 heterocycles. The van der Waals surface area contributed by atoms with E-state index in [1.54, 1.807) is 19.1 Å². The number of nitrogens with one attached hydrogen (secondary N) is 1. The lowest BCUT2D eigenvalue weighted by molar-refractivity contribution is 0.0733. The number of carbonyl (C=O) groups excluding carboxylic acids is 1. The maximum absolute atomic E-state index is 13.4. The summed E-state index contributed by atoms with van der Waals surface area (Å²) >= 11 is 0. The summed E-state index contributed by atoms with van der Waals surface area (Å²) in [4.78, 5) is 14.7. The van der Waals surface area contributed by atoms with Crippen LogP contribution in [0.2, 0.25) is 0 Å². The number of halogens is 1. The predicted octanol–water partition coefficient (Wildman–Crippen LogP) is 2.74. The van der Waals surface area contributed by atoms with Crippen LogP contribution in [0.15, 0.2) is 18.2 Å². The fourth-order valence-electron chi connectivity index (χ4n) is 2.99. The Morgan fingerprint density at radius 1 is 1.33 bits per heavy atom. The number of benzene rings is 1. The van der Waals surface area contributed by atoms with Crippen LogP contribution in [0.3, 0.4) is 0 Å². The van der Waals surface area contributed by atoms with Crippen molar-refractivity contribution in [2.75, 3.05) is 19.6 Å². The van der Waals surface area contributed by atoms with Crippen LogP contribution in [0.5, 0.6) is 0 Å². The van der Waals surface area contributed by atoms with E-state index in [2.05, 4.69) is 5.32 Å². The summed E-state index contributed by atoms with van der Waals surface area (Å²) in [5.74, 6) is 0.452. The van der Waals surface area contributed by atoms with Crippen LogP contribution in [-0.2, 0) is 0 Å². The Bertz CT molecular complexity index is 522. The molecule has 2 aliphatic rings. The molecule has 1 N–H and O–H groups in total. The van der Waals surface area contributed by atoms with Gasteiger partial charge in [-0.2, -0.15) is 0 Å². The summed E-state index contributed by atoms with van der Waals surface area (Å²) in [5, 5.41) is 3.45. The molecule has 1 saturated heterocycles. The first-order valence-electron chi connectivity index (χ1n) is 7.92. The lowest BCUT2D eigenvalue weighted by Gasteiger charge is -2.26. The van der Waals surface area contributed by atoms with Crippen LogP contribution in [0.1, 0.15) is 41.6 Å². The number of nitrogens with zero attached hydrogens (tertiary/aromatic N) is 1. The van der Waals surface area contributed by atoms with Gasteiger partial charge < -0.3 is 10.2 Å². The molecule has 0 spiro atoms. The molecule has 1 aliphatic carbocycles. The van der Waals surface area contributed by atoms with Crippen molar-refractivity contribution in [3.8, 4) is 0 Å². The van der Waals surface area contributed by atoms with Crippen molar-refractivity contribution in [1.29, 1.82) is 0 Å². The highest BCUT2D eigenvalue weighted by atomic mass is 19.1. The molecular formula is C17H23FN2O. The first kappa shape index (κ1) is 14.5. The molecule has 1 amide bonds. The third-order valence-corrected chi connectivity index (χ3v) is 4.47. The molecule has 4 heteroatoms. The van der Waals surface area contributed by atoms with Crippen LogP contribution in [0.4, 0.5) is 4.39 Å². The van der Waals surface area contributed by atoms with Gasteiger partial charge in [0.15, 0.2) is 0 Å². The zero-order valence-corrected chi connectivity index (χ0v) is 12.6. The summed E-state index contributed by atoms with van der Waals surface area (Å²) in [6.07, 6.45) is 4.78. The molecule has 3 rings (SSSR count). The van der Waals surface area contributed by atoms with Crippen molar-refractivity contribution >= 4 is 5.91 Å². The molecule has 1 unspecified atom stereocenters. The number of amides is 1. The Labute approximate surface area is 125 Å². The SMILES string of the molecule is Cc1cc(C(=O)N(CC2CC2)CC2CCCN2)ccc1F. The smallest absolute Gasteiger partial charge is 0.253 e. The topological polar surface area (TPSA) is 32.3 Å². The largest absolute Gasteiger partial charge is 0.337 e. The lowest BCUT2D eigenvalue weighted by Crippen LogP contribution is -2.42. The van der Waals surface area contributed by atoms with Gasteiger partial charge in [-0.15, -0.1) is 0 Å². The summed E-state index contributed by atoms with van der Waals surface area (Å²) in [6, 6.07) is 5.08. The maximum atomic E-state index is 13.4. The third-order valence-electron chi connectivity index (χ3n) is 4.47. The van der Waals surface area contributed by atoms with Crippen LogP contribution in [0, 0.1) is 18.7 Å². The Hall–Kier alpha value is -1.42. The maximum Gasteiger partial charge on any atom is 0.253 e. The van der Waals surface area contributed by atoms with Gasteiger partial charge >= 0.3 is 0 Å². The average Bonchev–Trinajstić information content (AvgIpc) is 3.14. The highest BCUT2D eigenvalue weighted by Crippen LogP contribution is 2.30. The van der Waals surface area contributed by atoms with Crippen molar-refractivity contribution in [2.45, 2.75) is 38.6 Å². The van der Waals surface area contributed by atoms with E-state index in [0.29, 0.717) is 23.1 Å². The molecule has 2 fully saturated rings. The lowest BCUT2D eigenvalue weighted by atomic mass is 10.1.